The van der Waals surface area contributed by atoms with E-state index in [2.05, 4.69) is 89.6 Å². The highest BCUT2D eigenvalue weighted by Gasteiger charge is 2.34. The van der Waals surface area contributed by atoms with Crippen molar-refractivity contribution in [1.29, 1.82) is 0 Å². The van der Waals surface area contributed by atoms with E-state index >= 15 is 0 Å². The lowest BCUT2D eigenvalue weighted by atomic mass is 10.0. The minimum absolute atomic E-state index is 0. The lowest BCUT2D eigenvalue weighted by Crippen LogP contribution is -2.60. The van der Waals surface area contributed by atoms with Gasteiger partial charge in [0.05, 0.1) is 12.3 Å². The van der Waals surface area contributed by atoms with E-state index in [1.807, 2.05) is 43.3 Å². The van der Waals surface area contributed by atoms with Crippen molar-refractivity contribution in [3.8, 4) is 17.1 Å². The van der Waals surface area contributed by atoms with Crippen molar-refractivity contribution in [3.63, 3.8) is 0 Å². The third-order valence-electron chi connectivity index (χ3n) is 8.78. The van der Waals surface area contributed by atoms with Crippen LogP contribution >= 0.6 is 12.4 Å². The summed E-state index contributed by atoms with van der Waals surface area (Å²) in [4.78, 5) is 21.9. The molecule has 1 fully saturated rings. The highest BCUT2D eigenvalue weighted by atomic mass is 35.5. The summed E-state index contributed by atoms with van der Waals surface area (Å²) < 4.78 is 2.11. The number of halogens is 1. The number of rotatable bonds is 8. The minimum atomic E-state index is -0.476. The van der Waals surface area contributed by atoms with Crippen LogP contribution in [0.15, 0.2) is 85.2 Å². The molecular formula is C35H42ClN7O. The molecule has 3 atom stereocenters. The molecule has 3 heterocycles. The van der Waals surface area contributed by atoms with Gasteiger partial charge in [-0.25, -0.2) is 15.0 Å². The molecule has 1 aliphatic heterocycles. The van der Waals surface area contributed by atoms with Crippen LogP contribution < -0.4 is 9.80 Å². The summed E-state index contributed by atoms with van der Waals surface area (Å²) in [5.41, 5.74) is 7.46. The number of para-hydroxylation sites is 1. The second-order valence-electron chi connectivity index (χ2n) is 11.8. The van der Waals surface area contributed by atoms with Gasteiger partial charge in [-0.2, -0.15) is 0 Å². The zero-order chi connectivity index (χ0) is 30.1. The number of aliphatic hydroxyl groups excluding tert-OH is 1. The van der Waals surface area contributed by atoms with Crippen molar-refractivity contribution in [2.45, 2.75) is 52.4 Å². The highest BCUT2D eigenvalue weighted by Crippen LogP contribution is 2.33. The number of piperazine rings is 1. The lowest BCUT2D eigenvalue weighted by Gasteiger charge is -2.48. The summed E-state index contributed by atoms with van der Waals surface area (Å²) in [6, 6.07) is 27.3. The Balaban J connectivity index is 0.00000384. The zero-order valence-electron chi connectivity index (χ0n) is 26.1. The third kappa shape index (κ3) is 6.02. The summed E-state index contributed by atoms with van der Waals surface area (Å²) in [5.74, 6) is 1.58. The molecule has 44 heavy (non-hydrogen) atoms. The van der Waals surface area contributed by atoms with Gasteiger partial charge in [-0.1, -0.05) is 60.7 Å². The van der Waals surface area contributed by atoms with E-state index in [4.69, 9.17) is 15.0 Å². The van der Waals surface area contributed by atoms with E-state index in [9.17, 15) is 5.11 Å². The molecule has 0 saturated carbocycles. The number of aromatic nitrogens is 4. The Morgan fingerprint density at radius 1 is 0.932 bits per heavy atom. The smallest absolute Gasteiger partial charge is 0.170 e. The van der Waals surface area contributed by atoms with Crippen LogP contribution in [0.25, 0.3) is 28.2 Å². The molecule has 0 bridgehead atoms. The summed E-state index contributed by atoms with van der Waals surface area (Å²) in [7, 11) is 2.07. The molecule has 9 heteroatoms. The molecule has 1 aliphatic rings. The molecule has 6 rings (SSSR count). The average molecular weight is 612 g/mol. The predicted octanol–water partition coefficient (Wildman–Crippen LogP) is 6.27. The number of hydrogen-bond acceptors (Lipinski definition) is 7. The standard InChI is InChI=1S/C35H41N7O.ClH/c1-24-13-12-18-30(27(24)4)40-19-20-41(25(2)22-40)31(21-26(3)43)39(5)34-32-35(37-23-36-34)42(29-16-10-7-11-17-29)33(38-32)28-14-8-6-9-15-28;/h6-18,23,25-26,31,43H,19-22H2,1-5H3;1H/t25-,26?,31?;/m1./s1. The molecule has 3 aromatic carbocycles. The molecule has 5 aromatic rings. The number of aliphatic hydroxyl groups is 1. The van der Waals surface area contributed by atoms with E-state index < -0.39 is 6.10 Å². The fourth-order valence-corrected chi connectivity index (χ4v) is 6.41. The monoisotopic (exact) mass is 611 g/mol. The Labute approximate surface area is 266 Å². The lowest BCUT2D eigenvalue weighted by molar-refractivity contribution is 0.0789. The zero-order valence-corrected chi connectivity index (χ0v) is 26.9. The predicted molar refractivity (Wildman–Crippen MR) is 182 cm³/mol. The van der Waals surface area contributed by atoms with Crippen LogP contribution in [0.5, 0.6) is 0 Å². The summed E-state index contributed by atoms with van der Waals surface area (Å²) in [6.45, 7) is 11.2. The molecule has 2 aromatic heterocycles. The molecule has 230 valence electrons. The molecule has 2 unspecified atom stereocenters. The van der Waals surface area contributed by atoms with Crippen LogP contribution in [-0.2, 0) is 0 Å². The van der Waals surface area contributed by atoms with Gasteiger partial charge in [0.2, 0.25) is 0 Å². The molecular weight excluding hydrogens is 570 g/mol. The fraction of sp³-hybridized carbons (Fsp3) is 0.343. The molecule has 0 radical (unpaired) electrons. The molecule has 0 spiro atoms. The number of anilines is 2. The van der Waals surface area contributed by atoms with E-state index in [1.54, 1.807) is 6.33 Å². The number of nitrogens with zero attached hydrogens (tertiary/aromatic N) is 7. The average Bonchev–Trinajstić information content (AvgIpc) is 3.42. The first-order chi connectivity index (χ1) is 20.8. The third-order valence-corrected chi connectivity index (χ3v) is 8.78. The maximum absolute atomic E-state index is 10.7. The summed E-state index contributed by atoms with van der Waals surface area (Å²) in [6.07, 6.45) is 1.67. The van der Waals surface area contributed by atoms with Gasteiger partial charge in [0.1, 0.15) is 12.2 Å². The van der Waals surface area contributed by atoms with Crippen molar-refractivity contribution in [2.75, 3.05) is 36.5 Å². The van der Waals surface area contributed by atoms with Gasteiger partial charge in [0.15, 0.2) is 17.0 Å². The topological polar surface area (TPSA) is 73.6 Å². The van der Waals surface area contributed by atoms with Crippen molar-refractivity contribution in [3.05, 3.63) is 96.3 Å². The van der Waals surface area contributed by atoms with Gasteiger partial charge in [-0.3, -0.25) is 9.47 Å². The van der Waals surface area contributed by atoms with Gasteiger partial charge in [0.25, 0.3) is 0 Å². The Morgan fingerprint density at radius 3 is 2.32 bits per heavy atom. The van der Waals surface area contributed by atoms with Gasteiger partial charge in [0, 0.05) is 56.1 Å². The van der Waals surface area contributed by atoms with Crippen LogP contribution in [0.3, 0.4) is 0 Å². The first kappa shape index (κ1) is 31.4. The highest BCUT2D eigenvalue weighted by molar-refractivity contribution is 5.88. The van der Waals surface area contributed by atoms with Crippen molar-refractivity contribution < 1.29 is 5.11 Å². The second-order valence-corrected chi connectivity index (χ2v) is 11.8. The summed E-state index contributed by atoms with van der Waals surface area (Å²) in [5, 5.41) is 10.7. The van der Waals surface area contributed by atoms with Crippen molar-refractivity contribution >= 4 is 35.1 Å². The normalized spacial score (nSPS) is 16.9. The molecule has 0 aliphatic carbocycles. The molecule has 8 nitrogen and oxygen atoms in total. The number of aryl methyl sites for hydroxylation is 1. The molecule has 1 N–H and O–H groups in total. The first-order valence-corrected chi connectivity index (χ1v) is 15.2. The Morgan fingerprint density at radius 2 is 1.64 bits per heavy atom. The van der Waals surface area contributed by atoms with Crippen molar-refractivity contribution in [1.82, 2.24) is 24.4 Å². The van der Waals surface area contributed by atoms with Gasteiger partial charge in [-0.05, 0) is 57.0 Å². The van der Waals surface area contributed by atoms with E-state index in [0.717, 1.165) is 53.7 Å². The van der Waals surface area contributed by atoms with Gasteiger partial charge >= 0.3 is 0 Å². The number of benzene rings is 3. The molecule has 0 amide bonds. The largest absolute Gasteiger partial charge is 0.393 e. The Bertz CT molecular complexity index is 1690. The first-order valence-electron chi connectivity index (χ1n) is 15.2. The maximum atomic E-state index is 10.7. The van der Waals surface area contributed by atoms with Gasteiger partial charge < -0.3 is 14.9 Å². The SMILES string of the molecule is Cc1cccc(N2CCN(C(CC(C)O)N(C)c3ncnc4c3nc(-c3ccccc3)n4-c3ccccc3)[C@H](C)C2)c1C.Cl. The minimum Gasteiger partial charge on any atom is -0.393 e. The Kier molecular flexibility index (Phi) is 9.53. The number of fused-ring (bicyclic) bond motifs is 1. The molecule has 1 saturated heterocycles. The number of imidazole rings is 1. The maximum Gasteiger partial charge on any atom is 0.170 e. The Hall–Kier alpha value is -3.98. The van der Waals surface area contributed by atoms with Crippen molar-refractivity contribution in [2.24, 2.45) is 0 Å². The van der Waals surface area contributed by atoms with Gasteiger partial charge in [-0.15, -0.1) is 12.4 Å². The van der Waals surface area contributed by atoms with Crippen LogP contribution in [-0.4, -0.2) is 74.5 Å². The van der Waals surface area contributed by atoms with Crippen LogP contribution in [0, 0.1) is 13.8 Å². The van der Waals surface area contributed by atoms with E-state index in [0.29, 0.717) is 6.42 Å². The van der Waals surface area contributed by atoms with E-state index in [-0.39, 0.29) is 24.6 Å². The van der Waals surface area contributed by atoms with E-state index in [1.165, 1.54) is 16.8 Å². The number of hydrogen-bond donors (Lipinski definition) is 1. The fourth-order valence-electron chi connectivity index (χ4n) is 6.41. The van der Waals surface area contributed by atoms with Crippen LogP contribution in [0.1, 0.15) is 31.4 Å². The van der Waals surface area contributed by atoms with Crippen LogP contribution in [0.2, 0.25) is 0 Å². The summed E-state index contributed by atoms with van der Waals surface area (Å²) >= 11 is 0. The second kappa shape index (κ2) is 13.3. The quantitative estimate of drug-likeness (QED) is 0.222. The van der Waals surface area contributed by atoms with Crippen LogP contribution in [0.4, 0.5) is 11.5 Å².